The molecule has 0 bridgehead atoms. The Morgan fingerprint density at radius 1 is 1.12 bits per heavy atom. The monoisotopic (exact) mass is 451 g/mol. The number of carbonyl (C=O) groups excluding carboxylic acids is 1. The Labute approximate surface area is 188 Å². The third-order valence-corrected chi connectivity index (χ3v) is 5.63. The van der Waals surface area contributed by atoms with Gasteiger partial charge in [0.15, 0.2) is 0 Å². The highest BCUT2D eigenvalue weighted by atomic mass is 32.1. The fourth-order valence-electron chi connectivity index (χ4n) is 3.16. The van der Waals surface area contributed by atoms with Gasteiger partial charge >= 0.3 is 5.76 Å². The van der Waals surface area contributed by atoms with Crippen molar-refractivity contribution < 1.29 is 18.7 Å². The molecule has 32 heavy (non-hydrogen) atoms. The molecule has 1 N–H and O–H groups in total. The van der Waals surface area contributed by atoms with Crippen LogP contribution in [-0.4, -0.2) is 29.9 Å². The van der Waals surface area contributed by atoms with Gasteiger partial charge in [0, 0.05) is 17.7 Å². The second-order valence-electron chi connectivity index (χ2n) is 6.82. The Morgan fingerprint density at radius 3 is 2.62 bits per heavy atom. The normalized spacial score (nSPS) is 10.7. The Morgan fingerprint density at radius 2 is 1.94 bits per heavy atom. The van der Waals surface area contributed by atoms with Gasteiger partial charge in [-0.15, -0.1) is 16.4 Å². The smallest absolute Gasteiger partial charge is 0.437 e. The van der Waals surface area contributed by atoms with Crippen LogP contribution in [0.5, 0.6) is 11.5 Å². The lowest BCUT2D eigenvalue weighted by Gasteiger charge is -2.12. The Hall–Kier alpha value is -3.85. The molecular weight excluding hydrogens is 430 g/mol. The maximum absolute atomic E-state index is 12.5. The maximum Gasteiger partial charge on any atom is 0.437 e. The van der Waals surface area contributed by atoms with Crippen LogP contribution in [0.3, 0.4) is 0 Å². The predicted octanol–water partition coefficient (Wildman–Crippen LogP) is 4.28. The number of methoxy groups -OCH3 is 2. The van der Waals surface area contributed by atoms with Crippen molar-refractivity contribution in [1.82, 2.24) is 9.78 Å². The molecule has 2 heterocycles. The molecule has 0 radical (unpaired) electrons. The van der Waals surface area contributed by atoms with Crippen LogP contribution >= 0.6 is 11.3 Å². The molecule has 2 aromatic carbocycles. The second kappa shape index (κ2) is 9.52. The highest BCUT2D eigenvalue weighted by Gasteiger charge is 2.13. The molecule has 164 valence electrons. The second-order valence-corrected chi connectivity index (χ2v) is 7.76. The molecule has 0 unspecified atom stereocenters. The average molecular weight is 452 g/mol. The lowest BCUT2D eigenvalue weighted by atomic mass is 10.0. The van der Waals surface area contributed by atoms with E-state index in [0.29, 0.717) is 11.4 Å². The number of anilines is 1. The van der Waals surface area contributed by atoms with E-state index in [0.717, 1.165) is 26.4 Å². The van der Waals surface area contributed by atoms with E-state index < -0.39 is 5.76 Å². The van der Waals surface area contributed by atoms with Gasteiger partial charge in [0.1, 0.15) is 11.5 Å². The molecule has 4 rings (SSSR count). The first kappa shape index (κ1) is 21.4. The summed E-state index contributed by atoms with van der Waals surface area (Å²) in [5.41, 5.74) is 2.38. The van der Waals surface area contributed by atoms with Crippen molar-refractivity contribution >= 4 is 22.9 Å². The van der Waals surface area contributed by atoms with Crippen LogP contribution in [0.1, 0.15) is 6.42 Å². The summed E-state index contributed by atoms with van der Waals surface area (Å²) in [4.78, 5) is 25.3. The number of thiophene rings is 1. The summed E-state index contributed by atoms with van der Waals surface area (Å²) in [6.45, 7) is 0.112. The van der Waals surface area contributed by atoms with Gasteiger partial charge in [0.05, 0.1) is 25.6 Å². The molecule has 0 aliphatic rings. The minimum absolute atomic E-state index is 0.0697. The number of nitrogens with zero attached hydrogens (tertiary/aromatic N) is 2. The fourth-order valence-corrected chi connectivity index (χ4v) is 3.80. The number of hydrogen-bond acceptors (Lipinski definition) is 7. The van der Waals surface area contributed by atoms with E-state index in [-0.39, 0.29) is 24.8 Å². The quantitative estimate of drug-likeness (QED) is 0.430. The SMILES string of the molecule is COc1ccc(-c2cc(NC(=O)CCn3nc(-c4cccs4)oc3=O)ccc2OC)cc1. The zero-order valence-corrected chi connectivity index (χ0v) is 18.3. The number of ether oxygens (including phenoxy) is 2. The van der Waals surface area contributed by atoms with Crippen molar-refractivity contribution in [3.63, 3.8) is 0 Å². The summed E-state index contributed by atoms with van der Waals surface area (Å²) in [5, 5.41) is 8.89. The molecular formula is C23H21N3O5S. The molecule has 8 nitrogen and oxygen atoms in total. The largest absolute Gasteiger partial charge is 0.497 e. The average Bonchev–Trinajstić information content (AvgIpc) is 3.47. The van der Waals surface area contributed by atoms with E-state index in [9.17, 15) is 9.59 Å². The van der Waals surface area contributed by atoms with Gasteiger partial charge < -0.3 is 19.2 Å². The third kappa shape index (κ3) is 4.73. The van der Waals surface area contributed by atoms with Crippen LogP contribution < -0.4 is 20.5 Å². The van der Waals surface area contributed by atoms with E-state index >= 15 is 0 Å². The zero-order valence-electron chi connectivity index (χ0n) is 17.5. The molecule has 4 aromatic rings. The van der Waals surface area contributed by atoms with Gasteiger partial charge in [-0.25, -0.2) is 4.79 Å². The first-order valence-corrected chi connectivity index (χ1v) is 10.7. The number of rotatable bonds is 8. The minimum atomic E-state index is -0.590. The minimum Gasteiger partial charge on any atom is -0.497 e. The summed E-state index contributed by atoms with van der Waals surface area (Å²) in [6, 6.07) is 16.6. The predicted molar refractivity (Wildman–Crippen MR) is 122 cm³/mol. The van der Waals surface area contributed by atoms with E-state index in [2.05, 4.69) is 10.4 Å². The maximum atomic E-state index is 12.5. The molecule has 0 saturated heterocycles. The van der Waals surface area contributed by atoms with Crippen LogP contribution in [0.15, 0.2) is 69.2 Å². The van der Waals surface area contributed by atoms with Crippen molar-refractivity contribution in [3.05, 3.63) is 70.5 Å². The topological polar surface area (TPSA) is 95.6 Å². The summed E-state index contributed by atoms with van der Waals surface area (Å²) < 4.78 is 17.0. The molecule has 9 heteroatoms. The number of aromatic nitrogens is 2. The molecule has 1 amide bonds. The zero-order chi connectivity index (χ0) is 22.5. The van der Waals surface area contributed by atoms with Crippen LogP contribution in [0, 0.1) is 0 Å². The number of aryl methyl sites for hydroxylation is 1. The molecule has 0 spiro atoms. The highest BCUT2D eigenvalue weighted by Crippen LogP contribution is 2.33. The number of carbonyl (C=O) groups is 1. The van der Waals surface area contributed by atoms with Crippen molar-refractivity contribution in [1.29, 1.82) is 0 Å². The molecule has 2 aromatic heterocycles. The van der Waals surface area contributed by atoms with E-state index in [4.69, 9.17) is 13.9 Å². The van der Waals surface area contributed by atoms with Crippen molar-refractivity contribution in [3.8, 4) is 33.4 Å². The van der Waals surface area contributed by atoms with Gasteiger partial charge in [-0.3, -0.25) is 4.79 Å². The van der Waals surface area contributed by atoms with Crippen LogP contribution in [0.2, 0.25) is 0 Å². The van der Waals surface area contributed by atoms with E-state index in [1.54, 1.807) is 26.4 Å². The number of benzene rings is 2. The standard InChI is InChI=1S/C23H21N3O5S/c1-29-17-8-5-15(6-9-17)18-14-16(7-10-19(18)30-2)24-21(27)11-12-26-23(28)31-22(25-26)20-4-3-13-32-20/h3-10,13-14H,11-12H2,1-2H3,(H,24,27). The van der Waals surface area contributed by atoms with Gasteiger partial charge in [-0.2, -0.15) is 4.68 Å². The molecule has 0 atom stereocenters. The van der Waals surface area contributed by atoms with Gasteiger partial charge in [0.25, 0.3) is 5.89 Å². The van der Waals surface area contributed by atoms with Crippen molar-refractivity contribution in [2.75, 3.05) is 19.5 Å². The Bertz CT molecular complexity index is 1260. The molecule has 0 aliphatic heterocycles. The van der Waals surface area contributed by atoms with Crippen LogP contribution in [0.25, 0.3) is 21.9 Å². The number of nitrogens with one attached hydrogen (secondary N) is 1. The third-order valence-electron chi connectivity index (χ3n) is 4.77. The molecule has 0 fully saturated rings. The van der Waals surface area contributed by atoms with Gasteiger partial charge in [0.2, 0.25) is 5.91 Å². The summed E-state index contributed by atoms with van der Waals surface area (Å²) >= 11 is 1.42. The summed E-state index contributed by atoms with van der Waals surface area (Å²) in [7, 11) is 3.21. The van der Waals surface area contributed by atoms with Crippen LogP contribution in [0.4, 0.5) is 5.69 Å². The molecule has 0 aliphatic carbocycles. The van der Waals surface area contributed by atoms with Gasteiger partial charge in [-0.05, 0) is 47.3 Å². The van der Waals surface area contributed by atoms with E-state index in [1.807, 2.05) is 47.8 Å². The number of amides is 1. The number of hydrogen-bond donors (Lipinski definition) is 1. The van der Waals surface area contributed by atoms with Crippen molar-refractivity contribution in [2.45, 2.75) is 13.0 Å². The lowest BCUT2D eigenvalue weighted by molar-refractivity contribution is -0.116. The summed E-state index contributed by atoms with van der Waals surface area (Å²) in [6.07, 6.45) is 0.0697. The first-order valence-electron chi connectivity index (χ1n) is 9.81. The van der Waals surface area contributed by atoms with Gasteiger partial charge in [-0.1, -0.05) is 18.2 Å². The highest BCUT2D eigenvalue weighted by molar-refractivity contribution is 7.13. The van der Waals surface area contributed by atoms with Crippen molar-refractivity contribution in [2.24, 2.45) is 0 Å². The summed E-state index contributed by atoms with van der Waals surface area (Å²) in [5.74, 6) is 0.853. The Kier molecular flexibility index (Phi) is 6.37. The first-order chi connectivity index (χ1) is 15.6. The Balaban J connectivity index is 1.45. The lowest BCUT2D eigenvalue weighted by Crippen LogP contribution is -2.21. The fraction of sp³-hybridized carbons (Fsp3) is 0.174. The van der Waals surface area contributed by atoms with Crippen LogP contribution in [-0.2, 0) is 11.3 Å². The van der Waals surface area contributed by atoms with E-state index in [1.165, 1.54) is 11.3 Å². The molecule has 0 saturated carbocycles.